The van der Waals surface area contributed by atoms with Crippen molar-refractivity contribution in [1.82, 2.24) is 4.90 Å². The zero-order valence-electron chi connectivity index (χ0n) is 13.8. The van der Waals surface area contributed by atoms with Gasteiger partial charge in [0.1, 0.15) is 0 Å². The average Bonchev–Trinajstić information content (AvgIpc) is 3.25. The molecule has 0 bridgehead atoms. The van der Waals surface area contributed by atoms with Crippen LogP contribution in [0.4, 0.5) is 0 Å². The lowest BCUT2D eigenvalue weighted by Gasteiger charge is -2.23. The van der Waals surface area contributed by atoms with Gasteiger partial charge in [-0.1, -0.05) is 19.1 Å². The van der Waals surface area contributed by atoms with Crippen LogP contribution in [0.2, 0.25) is 0 Å². The Balaban J connectivity index is 1.41. The Bertz CT molecular complexity index is 632. The van der Waals surface area contributed by atoms with E-state index in [9.17, 15) is 5.11 Å². The van der Waals surface area contributed by atoms with Crippen LogP contribution >= 0.6 is 11.3 Å². The van der Waals surface area contributed by atoms with Crippen molar-refractivity contribution < 1.29 is 19.3 Å². The molecule has 1 N–H and O–H groups in total. The predicted octanol–water partition coefficient (Wildman–Crippen LogP) is 2.88. The van der Waals surface area contributed by atoms with Gasteiger partial charge in [-0.3, -0.25) is 4.90 Å². The Labute approximate surface area is 146 Å². The number of fused-ring (bicyclic) bond motifs is 1. The molecule has 1 aliphatic rings. The zero-order valence-corrected chi connectivity index (χ0v) is 14.6. The summed E-state index contributed by atoms with van der Waals surface area (Å²) in [5.41, 5.74) is 1.01. The standard InChI is InChI=1S/C18H23NO4S/c1-2-19(10-16-4-3-7-24-16)9-15(20)12-21-11-14-5-6-17-18(8-14)23-13-22-17/h3-8,15,20H,2,9-13H2,1H3. The predicted molar refractivity (Wildman–Crippen MR) is 93.5 cm³/mol. The summed E-state index contributed by atoms with van der Waals surface area (Å²) >= 11 is 1.74. The van der Waals surface area contributed by atoms with Gasteiger partial charge in [0.05, 0.1) is 19.3 Å². The van der Waals surface area contributed by atoms with Gasteiger partial charge in [-0.25, -0.2) is 0 Å². The minimum Gasteiger partial charge on any atom is -0.454 e. The van der Waals surface area contributed by atoms with Gasteiger partial charge in [0.15, 0.2) is 11.5 Å². The highest BCUT2D eigenvalue weighted by atomic mass is 32.1. The first-order chi connectivity index (χ1) is 11.7. The molecule has 0 saturated carbocycles. The first kappa shape index (κ1) is 17.2. The van der Waals surface area contributed by atoms with Crippen molar-refractivity contribution in [3.8, 4) is 11.5 Å². The van der Waals surface area contributed by atoms with Crippen molar-refractivity contribution in [2.75, 3.05) is 26.5 Å². The Morgan fingerprint density at radius 3 is 2.96 bits per heavy atom. The van der Waals surface area contributed by atoms with Crippen molar-refractivity contribution in [1.29, 1.82) is 0 Å². The topological polar surface area (TPSA) is 51.2 Å². The van der Waals surface area contributed by atoms with Crippen LogP contribution in [0.5, 0.6) is 11.5 Å². The molecule has 1 aliphatic heterocycles. The Kier molecular flexibility index (Phi) is 6.09. The Hall–Kier alpha value is -1.60. The second kappa shape index (κ2) is 8.48. The van der Waals surface area contributed by atoms with Crippen LogP contribution in [0.1, 0.15) is 17.4 Å². The van der Waals surface area contributed by atoms with Gasteiger partial charge in [-0.05, 0) is 35.7 Å². The summed E-state index contributed by atoms with van der Waals surface area (Å²) in [5.74, 6) is 1.52. The molecule has 3 rings (SSSR count). The maximum absolute atomic E-state index is 10.2. The molecule has 1 aromatic carbocycles. The van der Waals surface area contributed by atoms with Crippen molar-refractivity contribution in [2.45, 2.75) is 26.2 Å². The molecule has 1 aromatic heterocycles. The summed E-state index contributed by atoms with van der Waals surface area (Å²) in [5, 5.41) is 12.3. The van der Waals surface area contributed by atoms with Crippen LogP contribution < -0.4 is 9.47 Å². The number of thiophene rings is 1. The van der Waals surface area contributed by atoms with Crippen molar-refractivity contribution in [3.05, 3.63) is 46.2 Å². The maximum Gasteiger partial charge on any atom is 0.231 e. The summed E-state index contributed by atoms with van der Waals surface area (Å²) in [6, 6.07) is 9.94. The number of benzene rings is 1. The van der Waals surface area contributed by atoms with E-state index in [0.29, 0.717) is 19.8 Å². The number of aliphatic hydroxyl groups excluding tert-OH is 1. The molecule has 6 heteroatoms. The molecule has 0 aliphatic carbocycles. The third kappa shape index (κ3) is 4.70. The Morgan fingerprint density at radius 2 is 2.17 bits per heavy atom. The molecule has 0 radical (unpaired) electrons. The van der Waals surface area contributed by atoms with Crippen LogP contribution in [0.3, 0.4) is 0 Å². The molecule has 0 fully saturated rings. The number of rotatable bonds is 9. The number of nitrogens with zero attached hydrogens (tertiary/aromatic N) is 1. The van der Waals surface area contributed by atoms with Crippen LogP contribution in [-0.4, -0.2) is 42.6 Å². The highest BCUT2D eigenvalue weighted by Gasteiger charge is 2.14. The molecular formula is C18H23NO4S. The van der Waals surface area contributed by atoms with Gasteiger partial charge in [0, 0.05) is 18.0 Å². The second-order valence-corrected chi connectivity index (χ2v) is 6.80. The molecule has 0 amide bonds. The zero-order chi connectivity index (χ0) is 16.8. The third-order valence-electron chi connectivity index (χ3n) is 3.89. The molecule has 0 saturated heterocycles. The normalized spacial score (nSPS) is 14.3. The lowest BCUT2D eigenvalue weighted by Crippen LogP contribution is -2.34. The van der Waals surface area contributed by atoms with Crippen molar-refractivity contribution in [2.24, 2.45) is 0 Å². The van der Waals surface area contributed by atoms with Crippen molar-refractivity contribution >= 4 is 11.3 Å². The number of likely N-dealkylation sites (N-methyl/N-ethyl adjacent to an activating group) is 1. The van der Waals surface area contributed by atoms with Gasteiger partial charge in [0.2, 0.25) is 6.79 Å². The first-order valence-electron chi connectivity index (χ1n) is 8.13. The summed E-state index contributed by atoms with van der Waals surface area (Å²) < 4.78 is 16.3. The molecule has 1 unspecified atom stereocenters. The second-order valence-electron chi connectivity index (χ2n) is 5.76. The van der Waals surface area contributed by atoms with E-state index in [2.05, 4.69) is 29.3 Å². The molecule has 0 spiro atoms. The van der Waals surface area contributed by atoms with E-state index in [-0.39, 0.29) is 6.79 Å². The maximum atomic E-state index is 10.2. The highest BCUT2D eigenvalue weighted by molar-refractivity contribution is 7.09. The van der Waals surface area contributed by atoms with Gasteiger partial charge in [0.25, 0.3) is 0 Å². The average molecular weight is 349 g/mol. The van der Waals surface area contributed by atoms with Crippen LogP contribution in [0.25, 0.3) is 0 Å². The molecule has 130 valence electrons. The fraction of sp³-hybridized carbons (Fsp3) is 0.444. The number of ether oxygens (including phenoxy) is 3. The number of hydrogen-bond acceptors (Lipinski definition) is 6. The Morgan fingerprint density at radius 1 is 1.29 bits per heavy atom. The van der Waals surface area contributed by atoms with Crippen LogP contribution in [-0.2, 0) is 17.9 Å². The molecule has 24 heavy (non-hydrogen) atoms. The summed E-state index contributed by atoms with van der Waals surface area (Å²) in [7, 11) is 0. The summed E-state index contributed by atoms with van der Waals surface area (Å²) in [6.45, 7) is 5.52. The monoisotopic (exact) mass is 349 g/mol. The molecule has 5 nitrogen and oxygen atoms in total. The quantitative estimate of drug-likeness (QED) is 0.754. The van der Waals surface area contributed by atoms with E-state index in [4.69, 9.17) is 14.2 Å². The van der Waals surface area contributed by atoms with E-state index in [1.807, 2.05) is 18.2 Å². The smallest absolute Gasteiger partial charge is 0.231 e. The van der Waals surface area contributed by atoms with Crippen LogP contribution in [0, 0.1) is 0 Å². The van der Waals surface area contributed by atoms with Gasteiger partial charge >= 0.3 is 0 Å². The molecule has 2 aromatic rings. The highest BCUT2D eigenvalue weighted by Crippen LogP contribution is 2.32. The van der Waals surface area contributed by atoms with E-state index in [1.165, 1.54) is 4.88 Å². The van der Waals surface area contributed by atoms with Gasteiger partial charge < -0.3 is 19.3 Å². The lowest BCUT2D eigenvalue weighted by atomic mass is 10.2. The molecule has 1 atom stereocenters. The SMILES string of the molecule is CCN(Cc1cccs1)CC(O)COCc1ccc2c(c1)OCO2. The summed E-state index contributed by atoms with van der Waals surface area (Å²) in [6.07, 6.45) is -0.501. The minimum absolute atomic E-state index is 0.273. The fourth-order valence-electron chi connectivity index (χ4n) is 2.62. The molecular weight excluding hydrogens is 326 g/mol. The largest absolute Gasteiger partial charge is 0.454 e. The van der Waals surface area contributed by atoms with Gasteiger partial charge in [-0.15, -0.1) is 11.3 Å². The number of hydrogen-bond donors (Lipinski definition) is 1. The lowest BCUT2D eigenvalue weighted by molar-refractivity contribution is 0.00952. The first-order valence-corrected chi connectivity index (χ1v) is 9.01. The minimum atomic E-state index is -0.501. The van der Waals surface area contributed by atoms with Crippen LogP contribution in [0.15, 0.2) is 35.7 Å². The fourth-order valence-corrected chi connectivity index (χ4v) is 3.37. The third-order valence-corrected chi connectivity index (χ3v) is 4.75. The van der Waals surface area contributed by atoms with Crippen molar-refractivity contribution in [3.63, 3.8) is 0 Å². The van der Waals surface area contributed by atoms with E-state index in [1.54, 1.807) is 11.3 Å². The van der Waals surface area contributed by atoms with E-state index >= 15 is 0 Å². The molecule has 2 heterocycles. The van der Waals surface area contributed by atoms with Gasteiger partial charge in [-0.2, -0.15) is 0 Å². The summed E-state index contributed by atoms with van der Waals surface area (Å²) in [4.78, 5) is 3.53. The van der Waals surface area contributed by atoms with E-state index in [0.717, 1.165) is 30.2 Å². The number of aliphatic hydroxyl groups is 1. The van der Waals surface area contributed by atoms with E-state index < -0.39 is 6.10 Å².